The Morgan fingerprint density at radius 3 is 2.50 bits per heavy atom. The first-order valence-electron chi connectivity index (χ1n) is 7.15. The number of rotatable bonds is 5. The summed E-state index contributed by atoms with van der Waals surface area (Å²) in [5.41, 5.74) is 7.68. The highest BCUT2D eigenvalue weighted by Crippen LogP contribution is 2.27. The number of ketones is 1. The highest BCUT2D eigenvalue weighted by Gasteiger charge is 2.14. The minimum atomic E-state index is -0.471. The van der Waals surface area contributed by atoms with Crippen LogP contribution in [0.25, 0.3) is 11.1 Å². The van der Waals surface area contributed by atoms with Crippen LogP contribution in [0.3, 0.4) is 0 Å². The molecule has 3 N–H and O–H groups in total. The summed E-state index contributed by atoms with van der Waals surface area (Å²) in [5, 5.41) is 9.86. The lowest BCUT2D eigenvalue weighted by Gasteiger charge is -2.07. The van der Waals surface area contributed by atoms with E-state index in [-0.39, 0.29) is 17.4 Å². The molecule has 3 aromatic rings. The van der Waals surface area contributed by atoms with E-state index >= 15 is 0 Å². The summed E-state index contributed by atoms with van der Waals surface area (Å²) in [7, 11) is 0. The Hall–Kier alpha value is -3.48. The van der Waals surface area contributed by atoms with E-state index in [9.17, 15) is 9.59 Å². The molecule has 2 aromatic carbocycles. The molecule has 0 aliphatic carbocycles. The summed E-state index contributed by atoms with van der Waals surface area (Å²) >= 11 is 0. The predicted octanol–water partition coefficient (Wildman–Crippen LogP) is 2.57. The maximum Gasteiger partial charge on any atom is 0.269 e. The summed E-state index contributed by atoms with van der Waals surface area (Å²) in [6.45, 7) is 1.40. The minimum Gasteiger partial charge on any atom is -0.436 e. The molecule has 0 aliphatic rings. The van der Waals surface area contributed by atoms with Crippen molar-refractivity contribution in [3.05, 3.63) is 59.8 Å². The first-order valence-corrected chi connectivity index (χ1v) is 7.15. The van der Waals surface area contributed by atoms with Crippen LogP contribution in [0.1, 0.15) is 27.8 Å². The summed E-state index contributed by atoms with van der Waals surface area (Å²) in [6, 6.07) is 14.2. The maximum atomic E-state index is 11.5. The van der Waals surface area contributed by atoms with E-state index in [2.05, 4.69) is 15.4 Å². The van der Waals surface area contributed by atoms with Gasteiger partial charge in [-0.15, -0.1) is 0 Å². The number of hydrogen-bond acceptors (Lipinski definition) is 5. The van der Waals surface area contributed by atoms with Gasteiger partial charge in [0.1, 0.15) is 5.75 Å². The van der Waals surface area contributed by atoms with Crippen molar-refractivity contribution in [2.24, 2.45) is 5.73 Å². The number of aromatic amines is 1. The van der Waals surface area contributed by atoms with Crippen LogP contribution in [0.5, 0.6) is 11.6 Å². The van der Waals surface area contributed by atoms with Crippen molar-refractivity contribution in [2.75, 3.05) is 0 Å². The highest BCUT2D eigenvalue weighted by atomic mass is 16.5. The number of benzene rings is 2. The number of aromatic nitrogens is 3. The third-order valence-corrected chi connectivity index (χ3v) is 3.42. The second kappa shape index (κ2) is 6.33. The standard InChI is InChI=1S/C17H14N4O3/c1-10(22)15-17(20-21-19-15)24-14-4-2-3-13(9-14)11-5-7-12(8-6-11)16(18)23/h2-9H,1H3,(H2,18,23)(H,19,20,21). The molecule has 0 radical (unpaired) electrons. The van der Waals surface area contributed by atoms with E-state index in [1.807, 2.05) is 12.1 Å². The van der Waals surface area contributed by atoms with Crippen LogP contribution in [0.2, 0.25) is 0 Å². The van der Waals surface area contributed by atoms with Crippen LogP contribution < -0.4 is 10.5 Å². The third kappa shape index (κ3) is 3.14. The third-order valence-electron chi connectivity index (χ3n) is 3.42. The molecule has 1 heterocycles. The van der Waals surface area contributed by atoms with E-state index in [4.69, 9.17) is 10.5 Å². The molecule has 1 amide bonds. The fraction of sp³-hybridized carbons (Fsp3) is 0.0588. The summed E-state index contributed by atoms with van der Waals surface area (Å²) < 4.78 is 5.64. The van der Waals surface area contributed by atoms with Gasteiger partial charge < -0.3 is 10.5 Å². The Kier molecular flexibility index (Phi) is 4.07. The first-order chi connectivity index (χ1) is 11.5. The van der Waals surface area contributed by atoms with Gasteiger partial charge in [0.25, 0.3) is 5.88 Å². The van der Waals surface area contributed by atoms with Crippen LogP contribution in [0.15, 0.2) is 48.5 Å². The van der Waals surface area contributed by atoms with Gasteiger partial charge in [0, 0.05) is 12.5 Å². The zero-order valence-electron chi connectivity index (χ0n) is 12.8. The topological polar surface area (TPSA) is 111 Å². The highest BCUT2D eigenvalue weighted by molar-refractivity contribution is 5.94. The molecule has 24 heavy (non-hydrogen) atoms. The van der Waals surface area contributed by atoms with Gasteiger partial charge in [-0.2, -0.15) is 0 Å². The average Bonchev–Trinajstić information content (AvgIpc) is 3.03. The number of carbonyl (C=O) groups excluding carboxylic acids is 2. The van der Waals surface area contributed by atoms with Gasteiger partial charge in [-0.1, -0.05) is 34.6 Å². The summed E-state index contributed by atoms with van der Waals surface area (Å²) in [4.78, 5) is 22.6. The van der Waals surface area contributed by atoms with E-state index in [1.165, 1.54) is 6.92 Å². The SMILES string of the molecule is CC(=O)c1[nH]nnc1Oc1cccc(-c2ccc(C(N)=O)cc2)c1. The molecule has 0 spiro atoms. The van der Waals surface area contributed by atoms with E-state index in [0.717, 1.165) is 11.1 Å². The number of Topliss-reactive ketones (excluding diaryl/α,β-unsaturated/α-hetero) is 1. The fourth-order valence-corrected chi connectivity index (χ4v) is 2.20. The Morgan fingerprint density at radius 1 is 1.08 bits per heavy atom. The Labute approximate surface area is 137 Å². The first kappa shape index (κ1) is 15.4. The lowest BCUT2D eigenvalue weighted by molar-refractivity contribution is 0.0994. The summed E-state index contributed by atoms with van der Waals surface area (Å²) in [5.74, 6) is -0.0405. The average molecular weight is 322 g/mol. The molecule has 3 rings (SSSR count). The molecule has 7 heteroatoms. The fourth-order valence-electron chi connectivity index (χ4n) is 2.20. The van der Waals surface area contributed by atoms with Gasteiger partial charge in [0.05, 0.1) is 0 Å². The van der Waals surface area contributed by atoms with Crippen molar-refractivity contribution in [1.29, 1.82) is 0 Å². The molecular weight excluding hydrogens is 308 g/mol. The largest absolute Gasteiger partial charge is 0.436 e. The zero-order valence-corrected chi connectivity index (χ0v) is 12.8. The molecule has 7 nitrogen and oxygen atoms in total. The number of H-pyrrole nitrogens is 1. The number of carbonyl (C=O) groups is 2. The monoisotopic (exact) mass is 322 g/mol. The van der Waals surface area contributed by atoms with Crippen molar-refractivity contribution in [1.82, 2.24) is 15.4 Å². The molecule has 1 aromatic heterocycles. The van der Waals surface area contributed by atoms with E-state index in [1.54, 1.807) is 36.4 Å². The van der Waals surface area contributed by atoms with Crippen LogP contribution in [-0.2, 0) is 0 Å². The number of primary amides is 1. The molecule has 0 saturated heterocycles. The van der Waals surface area contributed by atoms with Gasteiger partial charge in [0.15, 0.2) is 11.5 Å². The van der Waals surface area contributed by atoms with Gasteiger partial charge in [-0.05, 0) is 35.4 Å². The van der Waals surface area contributed by atoms with Crippen LogP contribution in [0, 0.1) is 0 Å². The van der Waals surface area contributed by atoms with E-state index < -0.39 is 5.91 Å². The van der Waals surface area contributed by atoms with E-state index in [0.29, 0.717) is 11.3 Å². The lowest BCUT2D eigenvalue weighted by atomic mass is 10.0. The normalized spacial score (nSPS) is 10.4. The smallest absolute Gasteiger partial charge is 0.269 e. The molecule has 0 saturated carbocycles. The molecule has 0 unspecified atom stereocenters. The number of nitrogens with two attached hydrogens (primary N) is 1. The van der Waals surface area contributed by atoms with Crippen molar-refractivity contribution in [3.8, 4) is 22.8 Å². The second-order valence-corrected chi connectivity index (χ2v) is 5.12. The molecule has 0 bridgehead atoms. The Bertz CT molecular complexity index is 900. The number of ether oxygens (including phenoxy) is 1. The zero-order chi connectivity index (χ0) is 17.1. The van der Waals surface area contributed by atoms with Gasteiger partial charge in [-0.3, -0.25) is 14.7 Å². The molecule has 0 fully saturated rings. The van der Waals surface area contributed by atoms with Gasteiger partial charge >= 0.3 is 0 Å². The molecular formula is C17H14N4O3. The Morgan fingerprint density at radius 2 is 1.83 bits per heavy atom. The second-order valence-electron chi connectivity index (χ2n) is 5.12. The van der Waals surface area contributed by atoms with Crippen LogP contribution in [0.4, 0.5) is 0 Å². The van der Waals surface area contributed by atoms with Crippen LogP contribution >= 0.6 is 0 Å². The lowest BCUT2D eigenvalue weighted by Crippen LogP contribution is -2.10. The molecule has 0 aliphatic heterocycles. The number of nitrogens with one attached hydrogen (secondary N) is 1. The number of amides is 1. The van der Waals surface area contributed by atoms with Gasteiger partial charge in [0.2, 0.25) is 5.91 Å². The molecule has 120 valence electrons. The van der Waals surface area contributed by atoms with Crippen LogP contribution in [-0.4, -0.2) is 27.1 Å². The van der Waals surface area contributed by atoms with Crippen molar-refractivity contribution in [3.63, 3.8) is 0 Å². The number of nitrogens with zero attached hydrogens (tertiary/aromatic N) is 2. The summed E-state index contributed by atoms with van der Waals surface area (Å²) in [6.07, 6.45) is 0. The van der Waals surface area contributed by atoms with Crippen molar-refractivity contribution in [2.45, 2.75) is 6.92 Å². The number of hydrogen-bond donors (Lipinski definition) is 2. The minimum absolute atomic E-state index is 0.128. The predicted molar refractivity (Wildman–Crippen MR) is 86.9 cm³/mol. The maximum absolute atomic E-state index is 11.5. The molecule has 0 atom stereocenters. The Balaban J connectivity index is 1.87. The van der Waals surface area contributed by atoms with Gasteiger partial charge in [-0.25, -0.2) is 0 Å². The van der Waals surface area contributed by atoms with Crippen molar-refractivity contribution >= 4 is 11.7 Å². The van der Waals surface area contributed by atoms with Crippen molar-refractivity contribution < 1.29 is 14.3 Å². The quantitative estimate of drug-likeness (QED) is 0.701.